The number of aromatic nitrogens is 3. The smallest absolute Gasteiger partial charge is 0.322 e. The van der Waals surface area contributed by atoms with Crippen LogP contribution in [0.4, 0.5) is 5.69 Å². The van der Waals surface area contributed by atoms with E-state index in [1.165, 1.54) is 4.57 Å². The molecule has 2 heterocycles. The van der Waals surface area contributed by atoms with E-state index in [4.69, 9.17) is 0 Å². The van der Waals surface area contributed by atoms with Crippen LogP contribution < -0.4 is 16.6 Å². The molecule has 1 aromatic carbocycles. The van der Waals surface area contributed by atoms with E-state index in [0.29, 0.717) is 24.3 Å². The fourth-order valence-corrected chi connectivity index (χ4v) is 3.48. The van der Waals surface area contributed by atoms with Gasteiger partial charge in [0.15, 0.2) is 5.65 Å². The summed E-state index contributed by atoms with van der Waals surface area (Å²) in [5.74, 6) is -0.389. The van der Waals surface area contributed by atoms with Gasteiger partial charge in [-0.3, -0.25) is 19.1 Å². The van der Waals surface area contributed by atoms with Crippen LogP contribution in [0, 0.1) is 0 Å². The third-order valence-electron chi connectivity index (χ3n) is 4.60. The fraction of sp³-hybridized carbons (Fsp3) is 0.333. The minimum Gasteiger partial charge on any atom is -0.322 e. The second-order valence-electron chi connectivity index (χ2n) is 7.04. The van der Waals surface area contributed by atoms with Crippen LogP contribution >= 0.6 is 11.8 Å². The van der Waals surface area contributed by atoms with E-state index in [2.05, 4.69) is 15.3 Å². The summed E-state index contributed by atoms with van der Waals surface area (Å²) in [6.07, 6.45) is 2.67. The predicted molar refractivity (Wildman–Crippen MR) is 117 cm³/mol. The molecule has 2 aromatic heterocycles. The van der Waals surface area contributed by atoms with Crippen LogP contribution in [-0.4, -0.2) is 26.7 Å². The van der Waals surface area contributed by atoms with Gasteiger partial charge in [0.2, 0.25) is 0 Å². The molecule has 0 saturated carbocycles. The summed E-state index contributed by atoms with van der Waals surface area (Å²) < 4.78 is 1.42. The molecule has 0 aliphatic heterocycles. The zero-order chi connectivity index (χ0) is 21.1. The average molecular weight is 413 g/mol. The first-order valence-corrected chi connectivity index (χ1v) is 10.7. The van der Waals surface area contributed by atoms with Crippen molar-refractivity contribution >= 4 is 34.4 Å². The van der Waals surface area contributed by atoms with E-state index < -0.39 is 17.2 Å². The number of nitrogens with zero attached hydrogens (tertiary/aromatic N) is 2. The lowest BCUT2D eigenvalue weighted by Gasteiger charge is -2.14. The molecule has 0 bridgehead atoms. The average Bonchev–Trinajstić information content (AvgIpc) is 2.70. The van der Waals surface area contributed by atoms with Crippen LogP contribution in [-0.2, 0) is 6.54 Å². The number of aromatic amines is 1. The zero-order valence-electron chi connectivity index (χ0n) is 16.9. The quantitative estimate of drug-likeness (QED) is 0.603. The van der Waals surface area contributed by atoms with Gasteiger partial charge in [0.05, 0.1) is 10.9 Å². The molecular weight excluding hydrogens is 388 g/mol. The summed E-state index contributed by atoms with van der Waals surface area (Å²) in [7, 11) is 0. The second-order valence-corrected chi connectivity index (χ2v) is 7.92. The van der Waals surface area contributed by atoms with Crippen LogP contribution in [0.1, 0.15) is 49.2 Å². The SMILES string of the molecule is CCCn1c(=O)[nH]c(=O)c2c(C(=O)Nc3ccc(SC)cc3)cc(C(C)C)nc21. The molecule has 0 aliphatic carbocycles. The molecule has 3 rings (SSSR count). The third kappa shape index (κ3) is 4.27. The van der Waals surface area contributed by atoms with Crippen molar-refractivity contribution in [3.05, 3.63) is 62.4 Å². The summed E-state index contributed by atoms with van der Waals surface area (Å²) in [6, 6.07) is 9.09. The van der Waals surface area contributed by atoms with Gasteiger partial charge in [0, 0.05) is 22.8 Å². The van der Waals surface area contributed by atoms with E-state index >= 15 is 0 Å². The van der Waals surface area contributed by atoms with Gasteiger partial charge < -0.3 is 5.32 Å². The van der Waals surface area contributed by atoms with Gasteiger partial charge in [-0.05, 0) is 48.9 Å². The van der Waals surface area contributed by atoms with Gasteiger partial charge >= 0.3 is 5.69 Å². The number of hydrogen-bond acceptors (Lipinski definition) is 5. The topological polar surface area (TPSA) is 96.9 Å². The molecule has 0 aliphatic rings. The number of nitrogens with one attached hydrogen (secondary N) is 2. The molecular formula is C21H24N4O3S. The Morgan fingerprint density at radius 2 is 1.93 bits per heavy atom. The van der Waals surface area contributed by atoms with Gasteiger partial charge in [-0.25, -0.2) is 9.78 Å². The highest BCUT2D eigenvalue weighted by molar-refractivity contribution is 7.98. The van der Waals surface area contributed by atoms with Gasteiger partial charge in [-0.2, -0.15) is 0 Å². The normalized spacial score (nSPS) is 11.2. The molecule has 1 amide bonds. The molecule has 0 unspecified atom stereocenters. The van der Waals surface area contributed by atoms with Crippen molar-refractivity contribution in [1.82, 2.24) is 14.5 Å². The molecule has 0 saturated heterocycles. The van der Waals surface area contributed by atoms with E-state index in [1.54, 1.807) is 17.8 Å². The van der Waals surface area contributed by atoms with Crippen LogP contribution in [0.5, 0.6) is 0 Å². The predicted octanol–water partition coefficient (Wildman–Crippen LogP) is 3.59. The third-order valence-corrected chi connectivity index (χ3v) is 5.34. The lowest BCUT2D eigenvalue weighted by Crippen LogP contribution is -2.32. The summed E-state index contributed by atoms with van der Waals surface area (Å²) in [5, 5.41) is 2.97. The number of thioether (sulfide) groups is 1. The Balaban J connectivity index is 2.19. The Morgan fingerprint density at radius 1 is 1.24 bits per heavy atom. The first-order chi connectivity index (χ1) is 13.8. The minimum atomic E-state index is -0.608. The Morgan fingerprint density at radius 3 is 2.52 bits per heavy atom. The van der Waals surface area contributed by atoms with E-state index in [0.717, 1.165) is 4.90 Å². The first kappa shape index (κ1) is 20.9. The summed E-state index contributed by atoms with van der Waals surface area (Å²) in [4.78, 5) is 46.0. The maximum atomic E-state index is 13.1. The van der Waals surface area contributed by atoms with Crippen molar-refractivity contribution in [2.45, 2.75) is 44.6 Å². The first-order valence-electron chi connectivity index (χ1n) is 9.48. The van der Waals surface area contributed by atoms with E-state index in [-0.39, 0.29) is 22.5 Å². The number of H-pyrrole nitrogens is 1. The molecule has 152 valence electrons. The Bertz CT molecular complexity index is 1160. The summed E-state index contributed by atoms with van der Waals surface area (Å²) >= 11 is 1.61. The maximum absolute atomic E-state index is 13.1. The number of pyridine rings is 1. The highest BCUT2D eigenvalue weighted by Gasteiger charge is 2.20. The number of fused-ring (bicyclic) bond motifs is 1. The lowest BCUT2D eigenvalue weighted by atomic mass is 10.0. The van der Waals surface area contributed by atoms with Gasteiger partial charge in [-0.15, -0.1) is 11.8 Å². The van der Waals surface area contributed by atoms with E-state index in [1.807, 2.05) is 51.3 Å². The number of rotatable bonds is 6. The Kier molecular flexibility index (Phi) is 6.22. The number of hydrogen-bond donors (Lipinski definition) is 2. The molecule has 8 heteroatoms. The number of carbonyl (C=O) groups is 1. The van der Waals surface area contributed by atoms with Crippen molar-refractivity contribution in [2.24, 2.45) is 0 Å². The number of benzene rings is 1. The van der Waals surface area contributed by atoms with Crippen molar-refractivity contribution in [3.63, 3.8) is 0 Å². The molecule has 7 nitrogen and oxygen atoms in total. The molecule has 0 radical (unpaired) electrons. The number of anilines is 1. The number of amides is 1. The van der Waals surface area contributed by atoms with Gasteiger partial charge in [0.25, 0.3) is 11.5 Å². The molecule has 0 atom stereocenters. The molecule has 3 aromatic rings. The molecule has 0 spiro atoms. The van der Waals surface area contributed by atoms with Gasteiger partial charge in [-0.1, -0.05) is 20.8 Å². The fourth-order valence-electron chi connectivity index (χ4n) is 3.07. The Labute approximate surface area is 172 Å². The lowest BCUT2D eigenvalue weighted by molar-refractivity contribution is 0.102. The van der Waals surface area contributed by atoms with Crippen LogP contribution in [0.2, 0.25) is 0 Å². The van der Waals surface area contributed by atoms with Crippen LogP contribution in [0.15, 0.2) is 44.8 Å². The van der Waals surface area contributed by atoms with E-state index in [9.17, 15) is 14.4 Å². The number of aryl methyl sites for hydroxylation is 1. The van der Waals surface area contributed by atoms with Crippen molar-refractivity contribution in [2.75, 3.05) is 11.6 Å². The zero-order valence-corrected chi connectivity index (χ0v) is 17.7. The summed E-state index contributed by atoms with van der Waals surface area (Å²) in [6.45, 7) is 6.23. The second kappa shape index (κ2) is 8.65. The van der Waals surface area contributed by atoms with Gasteiger partial charge in [0.1, 0.15) is 0 Å². The largest absolute Gasteiger partial charge is 0.329 e. The monoisotopic (exact) mass is 412 g/mol. The minimum absolute atomic E-state index is 0.0243. The number of carbonyl (C=O) groups excluding carboxylic acids is 1. The standard InChI is InChI=1S/C21H24N4O3S/c1-5-10-25-18-17(20(27)24-21(25)28)15(11-16(23-18)12(2)3)19(26)22-13-6-8-14(29-4)9-7-13/h6-9,11-12H,5,10H2,1-4H3,(H,22,26)(H,24,27,28). The van der Waals surface area contributed by atoms with Crippen LogP contribution in [0.25, 0.3) is 11.0 Å². The molecule has 0 fully saturated rings. The van der Waals surface area contributed by atoms with Crippen LogP contribution in [0.3, 0.4) is 0 Å². The Hall–Kier alpha value is -2.87. The molecule has 2 N–H and O–H groups in total. The van der Waals surface area contributed by atoms with Crippen molar-refractivity contribution < 1.29 is 4.79 Å². The van der Waals surface area contributed by atoms with Crippen molar-refractivity contribution in [1.29, 1.82) is 0 Å². The maximum Gasteiger partial charge on any atom is 0.329 e. The summed E-state index contributed by atoms with van der Waals surface area (Å²) in [5.41, 5.74) is 0.602. The molecule has 29 heavy (non-hydrogen) atoms. The van der Waals surface area contributed by atoms with Crippen molar-refractivity contribution in [3.8, 4) is 0 Å². The highest BCUT2D eigenvalue weighted by atomic mass is 32.2. The highest BCUT2D eigenvalue weighted by Crippen LogP contribution is 2.22.